The number of nitrogens with zero attached hydrogens (tertiary/aromatic N) is 3. The minimum absolute atomic E-state index is 0.334. The first kappa shape index (κ1) is 10.2. The molecule has 0 aliphatic carbocycles. The van der Waals surface area contributed by atoms with E-state index in [0.29, 0.717) is 22.8 Å². The second kappa shape index (κ2) is 4.43. The third-order valence-corrected chi connectivity index (χ3v) is 2.33. The van der Waals surface area contributed by atoms with Crippen LogP contribution in [0.3, 0.4) is 0 Å². The highest BCUT2D eigenvalue weighted by molar-refractivity contribution is 7.07. The predicted octanol–water partition coefficient (Wildman–Crippen LogP) is 2.48. The molecular weight excluding hydrogens is 222 g/mol. The zero-order chi connectivity index (χ0) is 11.4. The minimum atomic E-state index is 0.334. The molecule has 1 aromatic carbocycles. The van der Waals surface area contributed by atoms with Crippen LogP contribution in [-0.2, 0) is 0 Å². The molecule has 0 aliphatic rings. The maximum atomic E-state index is 8.87. The second-order valence-corrected chi connectivity index (χ2v) is 3.47. The van der Waals surface area contributed by atoms with Gasteiger partial charge in [-0.3, -0.25) is 0 Å². The van der Waals surface area contributed by atoms with Gasteiger partial charge in [0.1, 0.15) is 11.8 Å². The van der Waals surface area contributed by atoms with Crippen LogP contribution in [0, 0.1) is 28.2 Å². The van der Waals surface area contributed by atoms with E-state index < -0.39 is 0 Å². The zero-order valence-electron chi connectivity index (χ0n) is 7.97. The lowest BCUT2D eigenvalue weighted by molar-refractivity contribution is 0.464. The van der Waals surface area contributed by atoms with Crippen molar-refractivity contribution in [3.63, 3.8) is 0 Å². The number of hydrogen-bond donors (Lipinski definition) is 0. The molecule has 0 N–H and O–H groups in total. The van der Waals surface area contributed by atoms with Crippen LogP contribution in [0.15, 0.2) is 23.6 Å². The molecule has 0 amide bonds. The van der Waals surface area contributed by atoms with Crippen molar-refractivity contribution in [1.82, 2.24) is 4.98 Å². The largest absolute Gasteiger partial charge is 0.437 e. The van der Waals surface area contributed by atoms with Gasteiger partial charge in [-0.05, 0) is 18.2 Å². The van der Waals surface area contributed by atoms with Crippen LogP contribution in [-0.4, -0.2) is 4.98 Å². The van der Waals surface area contributed by atoms with Crippen molar-refractivity contribution in [1.29, 1.82) is 10.5 Å². The lowest BCUT2D eigenvalue weighted by Gasteiger charge is -2.03. The monoisotopic (exact) mass is 226 g/mol. The van der Waals surface area contributed by atoms with Gasteiger partial charge in [0.15, 0.2) is 5.51 Å². The molecule has 2 aromatic rings. The Balaban J connectivity index is 2.39. The van der Waals surface area contributed by atoms with Gasteiger partial charge in [-0.15, -0.1) is 11.3 Å². The fourth-order valence-electron chi connectivity index (χ4n) is 1.10. The Hall–Kier alpha value is -2.37. The molecule has 0 atom stereocenters. The van der Waals surface area contributed by atoms with E-state index in [1.54, 1.807) is 17.5 Å². The van der Waals surface area contributed by atoms with Crippen LogP contribution >= 0.6 is 11.3 Å². The van der Waals surface area contributed by atoms with Crippen LogP contribution in [0.25, 0.3) is 0 Å². The van der Waals surface area contributed by atoms with Crippen molar-refractivity contribution < 1.29 is 4.74 Å². The molecule has 0 fully saturated rings. The molecule has 0 unspecified atom stereocenters. The number of aromatic nitrogens is 1. The molecule has 0 saturated heterocycles. The second-order valence-electron chi connectivity index (χ2n) is 2.81. The van der Waals surface area contributed by atoms with Gasteiger partial charge in [0, 0.05) is 0 Å². The number of hydrogen-bond acceptors (Lipinski definition) is 5. The Morgan fingerprint density at radius 2 is 2.19 bits per heavy atom. The van der Waals surface area contributed by atoms with Gasteiger partial charge < -0.3 is 4.74 Å². The summed E-state index contributed by atoms with van der Waals surface area (Å²) < 4.78 is 5.38. The first-order valence-corrected chi connectivity index (χ1v) is 5.15. The van der Waals surface area contributed by atoms with Gasteiger partial charge in [-0.25, -0.2) is 0 Å². The Bertz CT molecular complexity index is 578. The molecular formula is C11H4N3OS. The average Bonchev–Trinajstić information content (AvgIpc) is 2.82. The Morgan fingerprint density at radius 1 is 1.31 bits per heavy atom. The number of thiazole rings is 1. The van der Waals surface area contributed by atoms with Crippen molar-refractivity contribution in [3.05, 3.63) is 40.2 Å². The smallest absolute Gasteiger partial charge is 0.230 e. The summed E-state index contributed by atoms with van der Waals surface area (Å²) >= 11 is 1.27. The van der Waals surface area contributed by atoms with Crippen molar-refractivity contribution in [2.45, 2.75) is 0 Å². The summed E-state index contributed by atoms with van der Waals surface area (Å²) in [5, 5.41) is 19.3. The number of rotatable bonds is 2. The van der Waals surface area contributed by atoms with E-state index in [9.17, 15) is 0 Å². The summed E-state index contributed by atoms with van der Waals surface area (Å²) in [6, 6.07) is 8.60. The number of benzene rings is 1. The lowest BCUT2D eigenvalue weighted by Crippen LogP contribution is -1.89. The van der Waals surface area contributed by atoms with Gasteiger partial charge in [0.25, 0.3) is 0 Å². The van der Waals surface area contributed by atoms with E-state index in [4.69, 9.17) is 15.3 Å². The van der Waals surface area contributed by atoms with Crippen LogP contribution < -0.4 is 4.74 Å². The highest BCUT2D eigenvalue weighted by Gasteiger charge is 2.07. The van der Waals surface area contributed by atoms with Gasteiger partial charge in [-0.1, -0.05) is 0 Å². The molecule has 0 bridgehead atoms. The summed E-state index contributed by atoms with van der Waals surface area (Å²) in [5.74, 6) is 0.706. The first-order valence-electron chi connectivity index (χ1n) is 4.27. The van der Waals surface area contributed by atoms with Gasteiger partial charge in [0.2, 0.25) is 5.88 Å². The molecule has 0 spiro atoms. The molecule has 4 nitrogen and oxygen atoms in total. The summed E-state index contributed by atoms with van der Waals surface area (Å²) in [4.78, 5) is 3.82. The van der Waals surface area contributed by atoms with E-state index in [0.717, 1.165) is 0 Å². The molecule has 16 heavy (non-hydrogen) atoms. The highest BCUT2D eigenvalue weighted by Crippen LogP contribution is 2.25. The predicted molar refractivity (Wildman–Crippen MR) is 56.9 cm³/mol. The molecule has 1 aromatic heterocycles. The zero-order valence-corrected chi connectivity index (χ0v) is 8.78. The van der Waals surface area contributed by atoms with Crippen molar-refractivity contribution in [3.8, 4) is 23.8 Å². The van der Waals surface area contributed by atoms with E-state index in [1.807, 2.05) is 12.1 Å². The molecule has 2 rings (SSSR count). The Kier molecular flexibility index (Phi) is 2.81. The van der Waals surface area contributed by atoms with Crippen molar-refractivity contribution >= 4 is 11.3 Å². The topological polar surface area (TPSA) is 69.7 Å². The third kappa shape index (κ3) is 2.00. The summed E-state index contributed by atoms with van der Waals surface area (Å²) in [7, 11) is 0. The number of nitriles is 2. The summed E-state index contributed by atoms with van der Waals surface area (Å²) in [5.41, 5.74) is 3.44. The van der Waals surface area contributed by atoms with E-state index in [-0.39, 0.29) is 0 Å². The van der Waals surface area contributed by atoms with Crippen LogP contribution in [0.1, 0.15) is 11.1 Å². The third-order valence-electron chi connectivity index (χ3n) is 1.81. The van der Waals surface area contributed by atoms with Crippen molar-refractivity contribution in [2.24, 2.45) is 0 Å². The molecule has 0 aliphatic heterocycles. The first-order chi connectivity index (χ1) is 7.83. The van der Waals surface area contributed by atoms with E-state index in [1.165, 1.54) is 17.4 Å². The number of ether oxygens (including phenoxy) is 1. The fourth-order valence-corrected chi connectivity index (χ4v) is 1.50. The summed E-state index contributed by atoms with van der Waals surface area (Å²) in [6.07, 6.45) is 0. The highest BCUT2D eigenvalue weighted by atomic mass is 32.1. The van der Waals surface area contributed by atoms with Crippen LogP contribution in [0.4, 0.5) is 0 Å². The van der Waals surface area contributed by atoms with Gasteiger partial charge in [-0.2, -0.15) is 15.5 Å². The lowest BCUT2D eigenvalue weighted by atomic mass is 10.1. The van der Waals surface area contributed by atoms with Gasteiger partial charge >= 0.3 is 0 Å². The van der Waals surface area contributed by atoms with Crippen LogP contribution in [0.2, 0.25) is 0 Å². The molecule has 1 heterocycles. The standard InChI is InChI=1S/C11H4N3OS/c12-4-8-1-2-9(5-13)10(3-8)15-11-6-16-7-14-11/h1-3,6H. The van der Waals surface area contributed by atoms with E-state index in [2.05, 4.69) is 10.5 Å². The molecule has 1 radical (unpaired) electrons. The van der Waals surface area contributed by atoms with Gasteiger partial charge in [0.05, 0.1) is 22.6 Å². The Morgan fingerprint density at radius 3 is 2.81 bits per heavy atom. The summed E-state index contributed by atoms with van der Waals surface area (Å²) in [6.45, 7) is 0. The fraction of sp³-hybridized carbons (Fsp3) is 0. The molecule has 75 valence electrons. The molecule has 5 heteroatoms. The maximum Gasteiger partial charge on any atom is 0.230 e. The van der Waals surface area contributed by atoms with Crippen molar-refractivity contribution in [2.75, 3.05) is 0 Å². The average molecular weight is 226 g/mol. The minimum Gasteiger partial charge on any atom is -0.437 e. The van der Waals surface area contributed by atoms with Crippen LogP contribution in [0.5, 0.6) is 11.6 Å². The molecule has 0 saturated carbocycles. The quantitative estimate of drug-likeness (QED) is 0.788. The maximum absolute atomic E-state index is 8.87. The normalized spacial score (nSPS) is 9.12. The Labute approximate surface area is 96.0 Å². The van der Waals surface area contributed by atoms with E-state index >= 15 is 0 Å². The SMILES string of the molecule is N#Cc1ccc(C#N)c(Oc2cs[c]n2)c1.